The molecule has 14 heavy (non-hydrogen) atoms. The van der Waals surface area contributed by atoms with E-state index in [9.17, 15) is 0 Å². The topological polar surface area (TPSA) is 41.6 Å². The van der Waals surface area contributed by atoms with E-state index in [1.54, 1.807) is 6.08 Å². The number of allylic oxidation sites excluding steroid dienone is 1. The lowest BCUT2D eigenvalue weighted by Crippen LogP contribution is -2.07. The van der Waals surface area contributed by atoms with Crippen molar-refractivity contribution in [3.8, 4) is 6.07 Å². The first-order valence-corrected chi connectivity index (χ1v) is 4.77. The normalized spacial score (nSPS) is 10.2. The highest BCUT2D eigenvalue weighted by Gasteiger charge is 2.16. The van der Waals surface area contributed by atoms with Crippen LogP contribution in [0.3, 0.4) is 0 Å². The molecule has 1 aromatic heterocycles. The van der Waals surface area contributed by atoms with Crippen LogP contribution < -0.4 is 0 Å². The average molecular weight is 210 g/mol. The molecule has 4 heteroatoms. The van der Waals surface area contributed by atoms with E-state index in [4.69, 9.17) is 16.9 Å². The molecule has 0 bridgehead atoms. The minimum absolute atomic E-state index is 0.180. The summed E-state index contributed by atoms with van der Waals surface area (Å²) in [5.41, 5.74) is 0.429. The van der Waals surface area contributed by atoms with Crippen molar-refractivity contribution in [3.63, 3.8) is 0 Å². The van der Waals surface area contributed by atoms with E-state index in [0.717, 1.165) is 5.82 Å². The number of rotatable bonds is 3. The van der Waals surface area contributed by atoms with Crippen LogP contribution in [0.2, 0.25) is 5.15 Å². The predicted molar refractivity (Wildman–Crippen MR) is 56.2 cm³/mol. The summed E-state index contributed by atoms with van der Waals surface area (Å²) in [7, 11) is 0. The second-order valence-corrected chi connectivity index (χ2v) is 3.59. The number of nitriles is 1. The third-order valence-electron chi connectivity index (χ3n) is 1.89. The van der Waals surface area contributed by atoms with E-state index >= 15 is 0 Å². The largest absolute Gasteiger partial charge is 0.316 e. The van der Waals surface area contributed by atoms with Crippen molar-refractivity contribution in [1.82, 2.24) is 9.55 Å². The second-order valence-electron chi connectivity index (χ2n) is 3.24. The van der Waals surface area contributed by atoms with Crippen LogP contribution in [0.15, 0.2) is 12.7 Å². The van der Waals surface area contributed by atoms with Gasteiger partial charge < -0.3 is 4.57 Å². The average Bonchev–Trinajstić information content (AvgIpc) is 2.42. The van der Waals surface area contributed by atoms with Crippen molar-refractivity contribution in [2.24, 2.45) is 0 Å². The van der Waals surface area contributed by atoms with E-state index < -0.39 is 0 Å². The SMILES string of the molecule is C=CCc1nc(Cl)c(C#N)n1C(C)C. The number of hydrogen-bond acceptors (Lipinski definition) is 2. The molecule has 0 saturated carbocycles. The van der Waals surface area contributed by atoms with Crippen LogP contribution in [0.4, 0.5) is 0 Å². The molecule has 0 unspecified atom stereocenters. The van der Waals surface area contributed by atoms with Gasteiger partial charge in [-0.25, -0.2) is 4.98 Å². The van der Waals surface area contributed by atoms with Crippen molar-refractivity contribution >= 4 is 11.6 Å². The minimum Gasteiger partial charge on any atom is -0.316 e. The van der Waals surface area contributed by atoms with Crippen LogP contribution in [0.1, 0.15) is 31.4 Å². The monoisotopic (exact) mass is 209 g/mol. The zero-order valence-electron chi connectivity index (χ0n) is 8.29. The highest BCUT2D eigenvalue weighted by Crippen LogP contribution is 2.21. The lowest BCUT2D eigenvalue weighted by Gasteiger charge is -2.11. The molecule has 0 radical (unpaired) electrons. The number of aromatic nitrogens is 2. The van der Waals surface area contributed by atoms with Crippen molar-refractivity contribution in [2.45, 2.75) is 26.3 Å². The second kappa shape index (κ2) is 4.30. The fourth-order valence-corrected chi connectivity index (χ4v) is 1.61. The highest BCUT2D eigenvalue weighted by atomic mass is 35.5. The van der Waals surface area contributed by atoms with Crippen LogP contribution in [0, 0.1) is 11.3 Å². The van der Waals surface area contributed by atoms with Gasteiger partial charge in [-0.3, -0.25) is 0 Å². The molecule has 0 aliphatic rings. The first-order chi connectivity index (χ1) is 6.61. The molecule has 0 atom stereocenters. The molecule has 3 nitrogen and oxygen atoms in total. The van der Waals surface area contributed by atoms with Gasteiger partial charge in [-0.15, -0.1) is 6.58 Å². The van der Waals surface area contributed by atoms with E-state index in [2.05, 4.69) is 17.6 Å². The fraction of sp³-hybridized carbons (Fsp3) is 0.400. The molecule has 0 aromatic carbocycles. The van der Waals surface area contributed by atoms with Gasteiger partial charge in [-0.05, 0) is 13.8 Å². The maximum Gasteiger partial charge on any atom is 0.165 e. The Morgan fingerprint density at radius 2 is 2.36 bits per heavy atom. The first-order valence-electron chi connectivity index (χ1n) is 4.39. The Morgan fingerprint density at radius 1 is 1.71 bits per heavy atom. The Bertz CT molecular complexity index is 385. The summed E-state index contributed by atoms with van der Waals surface area (Å²) in [6.45, 7) is 7.62. The van der Waals surface area contributed by atoms with Gasteiger partial charge in [0.2, 0.25) is 0 Å². The third kappa shape index (κ3) is 1.80. The Hall–Kier alpha value is -1.27. The van der Waals surface area contributed by atoms with Crippen molar-refractivity contribution in [1.29, 1.82) is 5.26 Å². The van der Waals surface area contributed by atoms with Crippen LogP contribution in [-0.2, 0) is 6.42 Å². The Kier molecular flexibility index (Phi) is 3.32. The summed E-state index contributed by atoms with van der Waals surface area (Å²) in [6, 6.07) is 2.24. The Morgan fingerprint density at radius 3 is 2.79 bits per heavy atom. The molecule has 0 amide bonds. The quantitative estimate of drug-likeness (QED) is 0.719. The van der Waals surface area contributed by atoms with Gasteiger partial charge in [-0.2, -0.15) is 5.26 Å². The van der Waals surface area contributed by atoms with Gasteiger partial charge in [0.15, 0.2) is 10.8 Å². The van der Waals surface area contributed by atoms with Gasteiger partial charge in [0, 0.05) is 12.5 Å². The van der Waals surface area contributed by atoms with Gasteiger partial charge in [-0.1, -0.05) is 17.7 Å². The molecule has 1 aromatic rings. The lowest BCUT2D eigenvalue weighted by molar-refractivity contribution is 0.570. The minimum atomic E-state index is 0.180. The maximum absolute atomic E-state index is 8.91. The smallest absolute Gasteiger partial charge is 0.165 e. The molecular formula is C10H12ClN3. The Labute approximate surface area is 88.6 Å². The molecule has 0 spiro atoms. The predicted octanol–water partition coefficient (Wildman–Crippen LogP) is 2.72. The van der Waals surface area contributed by atoms with Gasteiger partial charge in [0.1, 0.15) is 11.9 Å². The van der Waals surface area contributed by atoms with E-state index in [1.165, 1.54) is 0 Å². The molecule has 1 heterocycles. The molecule has 0 saturated heterocycles. The third-order valence-corrected chi connectivity index (χ3v) is 2.15. The van der Waals surface area contributed by atoms with Crippen LogP contribution in [0.25, 0.3) is 0 Å². The molecule has 0 aliphatic heterocycles. The molecule has 1 rings (SSSR count). The zero-order chi connectivity index (χ0) is 10.7. The van der Waals surface area contributed by atoms with E-state index in [-0.39, 0.29) is 11.2 Å². The number of hydrogen-bond donors (Lipinski definition) is 0. The Balaban J connectivity index is 3.31. The number of imidazole rings is 1. The van der Waals surface area contributed by atoms with Gasteiger partial charge >= 0.3 is 0 Å². The standard InChI is InChI=1S/C10H12ClN3/c1-4-5-9-13-10(11)8(6-12)14(9)7(2)3/h4,7H,1,5H2,2-3H3. The zero-order valence-corrected chi connectivity index (χ0v) is 9.04. The molecule has 0 fully saturated rings. The van der Waals surface area contributed by atoms with Crippen LogP contribution in [-0.4, -0.2) is 9.55 Å². The number of nitrogens with zero attached hydrogens (tertiary/aromatic N) is 3. The van der Waals surface area contributed by atoms with Crippen LogP contribution in [0.5, 0.6) is 0 Å². The van der Waals surface area contributed by atoms with Gasteiger partial charge in [0.05, 0.1) is 0 Å². The van der Waals surface area contributed by atoms with Crippen molar-refractivity contribution in [2.75, 3.05) is 0 Å². The highest BCUT2D eigenvalue weighted by molar-refractivity contribution is 6.30. The summed E-state index contributed by atoms with van der Waals surface area (Å²) in [6.07, 6.45) is 2.37. The summed E-state index contributed by atoms with van der Waals surface area (Å²) in [5, 5.41) is 9.18. The molecule has 0 N–H and O–H groups in total. The van der Waals surface area contributed by atoms with Gasteiger partial charge in [0.25, 0.3) is 0 Å². The summed E-state index contributed by atoms with van der Waals surface area (Å²) < 4.78 is 1.84. The van der Waals surface area contributed by atoms with Crippen molar-refractivity contribution < 1.29 is 0 Å². The first kappa shape index (κ1) is 10.8. The van der Waals surface area contributed by atoms with Crippen molar-refractivity contribution in [3.05, 3.63) is 29.3 Å². The molecule has 74 valence electrons. The molecular weight excluding hydrogens is 198 g/mol. The summed E-state index contributed by atoms with van der Waals surface area (Å²) in [5.74, 6) is 0.788. The fourth-order valence-electron chi connectivity index (χ4n) is 1.38. The summed E-state index contributed by atoms with van der Waals surface area (Å²) >= 11 is 5.84. The van der Waals surface area contributed by atoms with Crippen LogP contribution >= 0.6 is 11.6 Å². The lowest BCUT2D eigenvalue weighted by atomic mass is 10.3. The van der Waals surface area contributed by atoms with E-state index in [0.29, 0.717) is 12.1 Å². The summed E-state index contributed by atoms with van der Waals surface area (Å²) in [4.78, 5) is 4.13. The van der Waals surface area contributed by atoms with E-state index in [1.807, 2.05) is 18.4 Å². The number of halogens is 1. The molecule has 0 aliphatic carbocycles. The maximum atomic E-state index is 8.91.